The van der Waals surface area contributed by atoms with Gasteiger partial charge in [0, 0.05) is 13.1 Å². The summed E-state index contributed by atoms with van der Waals surface area (Å²) >= 11 is 0. The van der Waals surface area contributed by atoms with E-state index in [2.05, 4.69) is 10.6 Å². The van der Waals surface area contributed by atoms with Crippen molar-refractivity contribution in [1.29, 1.82) is 0 Å². The van der Waals surface area contributed by atoms with E-state index in [1.54, 1.807) is 6.07 Å². The van der Waals surface area contributed by atoms with Crippen molar-refractivity contribution in [3.63, 3.8) is 0 Å². The molecule has 1 atom stereocenters. The number of carbonyl (C=O) groups is 1. The van der Waals surface area contributed by atoms with Crippen molar-refractivity contribution < 1.29 is 27.4 Å². The first-order valence-electron chi connectivity index (χ1n) is 6.85. The van der Waals surface area contributed by atoms with Gasteiger partial charge in [0.25, 0.3) is 0 Å². The highest BCUT2D eigenvalue weighted by Gasteiger charge is 2.29. The average Bonchev–Trinajstić information content (AvgIpc) is 2.46. The molecule has 1 aromatic rings. The van der Waals surface area contributed by atoms with Gasteiger partial charge in [0.05, 0.1) is 24.8 Å². The minimum atomic E-state index is -4.43. The quantitative estimate of drug-likeness (QED) is 0.871. The Balaban J connectivity index is 1.92. The Bertz CT molecular complexity index is 502. The van der Waals surface area contributed by atoms with E-state index < -0.39 is 12.8 Å². The minimum absolute atomic E-state index is 0.0177. The predicted molar refractivity (Wildman–Crippen MR) is 73.8 cm³/mol. The fraction of sp³-hybridized carbons (Fsp3) is 0.500. The molecule has 2 rings (SSSR count). The lowest BCUT2D eigenvalue weighted by atomic mass is 10.2. The summed E-state index contributed by atoms with van der Waals surface area (Å²) in [6.07, 6.45) is -4.55. The summed E-state index contributed by atoms with van der Waals surface area (Å²) in [5.41, 5.74) is 0.209. The average molecular weight is 318 g/mol. The second kappa shape index (κ2) is 7.46. The van der Waals surface area contributed by atoms with E-state index in [0.717, 1.165) is 6.54 Å². The van der Waals surface area contributed by atoms with Gasteiger partial charge in [-0.2, -0.15) is 13.2 Å². The Morgan fingerprint density at radius 1 is 1.41 bits per heavy atom. The van der Waals surface area contributed by atoms with Gasteiger partial charge in [-0.1, -0.05) is 12.1 Å². The number of anilines is 1. The molecule has 1 unspecified atom stereocenters. The van der Waals surface area contributed by atoms with Crippen LogP contribution in [0, 0.1) is 0 Å². The molecule has 1 saturated heterocycles. The van der Waals surface area contributed by atoms with Gasteiger partial charge < -0.3 is 20.1 Å². The molecule has 1 aromatic carbocycles. The molecular formula is C14H17F3N2O3. The maximum Gasteiger partial charge on any atom is 0.422 e. The number of rotatable bonds is 5. The summed E-state index contributed by atoms with van der Waals surface area (Å²) in [4.78, 5) is 11.9. The summed E-state index contributed by atoms with van der Waals surface area (Å²) in [6.45, 7) is 0.435. The normalized spacial score (nSPS) is 18.8. The Morgan fingerprint density at radius 3 is 2.86 bits per heavy atom. The third-order valence-electron chi connectivity index (χ3n) is 2.97. The number of carbonyl (C=O) groups excluding carboxylic acids is 1. The molecule has 1 heterocycles. The zero-order valence-electron chi connectivity index (χ0n) is 11.8. The van der Waals surface area contributed by atoms with E-state index in [1.807, 2.05) is 0 Å². The van der Waals surface area contributed by atoms with Crippen molar-refractivity contribution in [3.8, 4) is 5.75 Å². The van der Waals surface area contributed by atoms with Crippen LogP contribution in [-0.2, 0) is 9.53 Å². The molecule has 0 spiro atoms. The molecule has 22 heavy (non-hydrogen) atoms. The number of halogens is 3. The zero-order chi connectivity index (χ0) is 16.0. The first-order chi connectivity index (χ1) is 10.4. The number of alkyl halides is 3. The third kappa shape index (κ3) is 5.53. The second-order valence-corrected chi connectivity index (χ2v) is 4.85. The van der Waals surface area contributed by atoms with Crippen LogP contribution in [0.4, 0.5) is 18.9 Å². The van der Waals surface area contributed by atoms with E-state index in [1.165, 1.54) is 18.2 Å². The molecule has 0 aromatic heterocycles. The van der Waals surface area contributed by atoms with Crippen LogP contribution in [0.3, 0.4) is 0 Å². The molecule has 0 bridgehead atoms. The second-order valence-electron chi connectivity index (χ2n) is 4.85. The Hall–Kier alpha value is -1.80. The van der Waals surface area contributed by atoms with Crippen molar-refractivity contribution in [2.75, 3.05) is 31.6 Å². The van der Waals surface area contributed by atoms with E-state index >= 15 is 0 Å². The van der Waals surface area contributed by atoms with Crippen LogP contribution in [0.1, 0.15) is 6.42 Å². The standard InChI is InChI=1S/C14H17F3N2O3/c15-14(16,17)9-22-12-4-2-1-3-11(12)19-13(20)7-10-8-18-5-6-21-10/h1-4,10,18H,5-9H2,(H,19,20). The predicted octanol–water partition coefficient (Wildman–Crippen LogP) is 1.94. The molecular weight excluding hydrogens is 301 g/mol. The van der Waals surface area contributed by atoms with Gasteiger partial charge in [-0.15, -0.1) is 0 Å². The molecule has 2 N–H and O–H groups in total. The lowest BCUT2D eigenvalue weighted by Gasteiger charge is -2.23. The number of nitrogens with one attached hydrogen (secondary N) is 2. The molecule has 0 radical (unpaired) electrons. The van der Waals surface area contributed by atoms with E-state index in [9.17, 15) is 18.0 Å². The van der Waals surface area contributed by atoms with Gasteiger partial charge in [-0.05, 0) is 12.1 Å². The van der Waals surface area contributed by atoms with Crippen LogP contribution in [0.15, 0.2) is 24.3 Å². The van der Waals surface area contributed by atoms with Crippen molar-refractivity contribution in [2.45, 2.75) is 18.7 Å². The van der Waals surface area contributed by atoms with Crippen molar-refractivity contribution in [1.82, 2.24) is 5.32 Å². The lowest BCUT2D eigenvalue weighted by molar-refractivity contribution is -0.153. The van der Waals surface area contributed by atoms with Crippen molar-refractivity contribution in [2.24, 2.45) is 0 Å². The molecule has 1 aliphatic heterocycles. The number of amides is 1. The highest BCUT2D eigenvalue weighted by Crippen LogP contribution is 2.26. The fourth-order valence-electron chi connectivity index (χ4n) is 2.01. The van der Waals surface area contributed by atoms with Crippen LogP contribution in [0.5, 0.6) is 5.75 Å². The van der Waals surface area contributed by atoms with Crippen molar-refractivity contribution >= 4 is 11.6 Å². The lowest BCUT2D eigenvalue weighted by Crippen LogP contribution is -2.40. The number of ether oxygens (including phenoxy) is 2. The van der Waals surface area contributed by atoms with Gasteiger partial charge in [-0.3, -0.25) is 4.79 Å². The number of hydrogen-bond acceptors (Lipinski definition) is 4. The van der Waals surface area contributed by atoms with Gasteiger partial charge in [-0.25, -0.2) is 0 Å². The van der Waals surface area contributed by atoms with E-state index in [4.69, 9.17) is 9.47 Å². The van der Waals surface area contributed by atoms with Gasteiger partial charge in [0.1, 0.15) is 5.75 Å². The monoisotopic (exact) mass is 318 g/mol. The molecule has 1 fully saturated rings. The summed E-state index contributed by atoms with van der Waals surface area (Å²) in [5, 5.41) is 5.65. The minimum Gasteiger partial charge on any atom is -0.482 e. The molecule has 0 aliphatic carbocycles. The Morgan fingerprint density at radius 2 is 2.18 bits per heavy atom. The van der Waals surface area contributed by atoms with Crippen molar-refractivity contribution in [3.05, 3.63) is 24.3 Å². The largest absolute Gasteiger partial charge is 0.482 e. The maximum absolute atomic E-state index is 12.2. The zero-order valence-corrected chi connectivity index (χ0v) is 11.8. The van der Waals surface area contributed by atoms with E-state index in [-0.39, 0.29) is 29.9 Å². The number of para-hydroxylation sites is 2. The fourth-order valence-corrected chi connectivity index (χ4v) is 2.01. The van der Waals surface area contributed by atoms with Crippen LogP contribution in [-0.4, -0.2) is 44.5 Å². The van der Waals surface area contributed by atoms with E-state index in [0.29, 0.717) is 13.2 Å². The first-order valence-corrected chi connectivity index (χ1v) is 6.85. The molecule has 5 nitrogen and oxygen atoms in total. The Kier molecular flexibility index (Phi) is 5.62. The third-order valence-corrected chi connectivity index (χ3v) is 2.97. The number of morpholine rings is 1. The smallest absolute Gasteiger partial charge is 0.422 e. The van der Waals surface area contributed by atoms with Crippen LogP contribution in [0.25, 0.3) is 0 Å². The summed E-state index contributed by atoms with van der Waals surface area (Å²) in [6, 6.07) is 6.01. The van der Waals surface area contributed by atoms with Gasteiger partial charge in [0.15, 0.2) is 6.61 Å². The molecule has 0 saturated carbocycles. The van der Waals surface area contributed by atoms with Crippen LogP contribution in [0.2, 0.25) is 0 Å². The molecule has 1 aliphatic rings. The highest BCUT2D eigenvalue weighted by atomic mass is 19.4. The van der Waals surface area contributed by atoms with Gasteiger partial charge in [0.2, 0.25) is 5.91 Å². The first kappa shape index (κ1) is 16.6. The number of benzene rings is 1. The summed E-state index contributed by atoms with van der Waals surface area (Å²) in [7, 11) is 0. The van der Waals surface area contributed by atoms with Crippen LogP contribution < -0.4 is 15.4 Å². The topological polar surface area (TPSA) is 59.6 Å². The highest BCUT2D eigenvalue weighted by molar-refractivity contribution is 5.92. The Labute approximate surface area is 125 Å². The summed E-state index contributed by atoms with van der Waals surface area (Å²) < 4.78 is 46.7. The molecule has 122 valence electrons. The molecule has 1 amide bonds. The molecule has 8 heteroatoms. The van der Waals surface area contributed by atoms with Crippen LogP contribution >= 0.6 is 0 Å². The summed E-state index contributed by atoms with van der Waals surface area (Å²) in [5.74, 6) is -0.354. The maximum atomic E-state index is 12.2. The number of hydrogen-bond donors (Lipinski definition) is 2. The SMILES string of the molecule is O=C(CC1CNCCO1)Nc1ccccc1OCC(F)(F)F. The van der Waals surface area contributed by atoms with Gasteiger partial charge >= 0.3 is 6.18 Å².